The highest BCUT2D eigenvalue weighted by Crippen LogP contribution is 2.25. The average molecular weight is 381 g/mol. The van der Waals surface area contributed by atoms with Crippen molar-refractivity contribution in [1.82, 2.24) is 9.80 Å². The lowest BCUT2D eigenvalue weighted by Crippen LogP contribution is -2.48. The first kappa shape index (κ1) is 19.4. The molecule has 28 heavy (non-hydrogen) atoms. The number of anilines is 1. The van der Waals surface area contributed by atoms with Gasteiger partial charge in [-0.2, -0.15) is 0 Å². The van der Waals surface area contributed by atoms with E-state index >= 15 is 0 Å². The van der Waals surface area contributed by atoms with Gasteiger partial charge in [-0.25, -0.2) is 0 Å². The van der Waals surface area contributed by atoms with Gasteiger partial charge in [-0.05, 0) is 48.9 Å². The van der Waals surface area contributed by atoms with Gasteiger partial charge in [-0.15, -0.1) is 0 Å². The summed E-state index contributed by atoms with van der Waals surface area (Å²) < 4.78 is 5.28. The van der Waals surface area contributed by atoms with Crippen LogP contribution in [-0.4, -0.2) is 61.3 Å². The summed E-state index contributed by atoms with van der Waals surface area (Å²) in [5, 5.41) is 2.84. The Morgan fingerprint density at radius 3 is 2.25 bits per heavy atom. The molecule has 0 aliphatic carbocycles. The standard InChI is InChI=1S/C21H23N3O4/c1-15-3-8-19(28-2)18(13-15)22-20(26)16-4-6-17(7-5-16)21(27)24-11-9-23(14-25)10-12-24/h3-8,13-14H,9-12H2,1-2H3,(H,22,26). The van der Waals surface area contributed by atoms with Gasteiger partial charge >= 0.3 is 0 Å². The molecule has 0 radical (unpaired) electrons. The quantitative estimate of drug-likeness (QED) is 0.805. The van der Waals surface area contributed by atoms with Crippen LogP contribution in [0.25, 0.3) is 0 Å². The van der Waals surface area contributed by atoms with Gasteiger partial charge in [0.15, 0.2) is 0 Å². The van der Waals surface area contributed by atoms with Gasteiger partial charge in [0.1, 0.15) is 5.75 Å². The Labute approximate surface area is 163 Å². The molecule has 1 fully saturated rings. The second kappa shape index (κ2) is 8.56. The van der Waals surface area contributed by atoms with Crippen LogP contribution in [0, 0.1) is 6.92 Å². The minimum Gasteiger partial charge on any atom is -0.495 e. The Morgan fingerprint density at radius 2 is 1.64 bits per heavy atom. The van der Waals surface area contributed by atoms with E-state index in [1.165, 1.54) is 0 Å². The summed E-state index contributed by atoms with van der Waals surface area (Å²) in [6.45, 7) is 4.02. The second-order valence-electron chi connectivity index (χ2n) is 6.67. The number of amides is 3. The summed E-state index contributed by atoms with van der Waals surface area (Å²) in [6, 6.07) is 12.1. The lowest BCUT2D eigenvalue weighted by Gasteiger charge is -2.32. The molecule has 1 aliphatic heterocycles. The summed E-state index contributed by atoms with van der Waals surface area (Å²) >= 11 is 0. The maximum atomic E-state index is 12.6. The summed E-state index contributed by atoms with van der Waals surface area (Å²) in [5.74, 6) is 0.209. The Bertz CT molecular complexity index is 872. The molecule has 0 atom stereocenters. The van der Waals surface area contributed by atoms with Crippen LogP contribution in [0.3, 0.4) is 0 Å². The molecule has 0 spiro atoms. The highest BCUT2D eigenvalue weighted by Gasteiger charge is 2.21. The van der Waals surface area contributed by atoms with Crippen molar-refractivity contribution in [2.24, 2.45) is 0 Å². The number of rotatable bonds is 5. The van der Waals surface area contributed by atoms with Gasteiger partial charge in [0.25, 0.3) is 11.8 Å². The largest absolute Gasteiger partial charge is 0.495 e. The van der Waals surface area contributed by atoms with Gasteiger partial charge in [0, 0.05) is 37.3 Å². The lowest BCUT2D eigenvalue weighted by molar-refractivity contribution is -0.119. The number of hydrogen-bond donors (Lipinski definition) is 1. The first-order valence-electron chi connectivity index (χ1n) is 9.06. The smallest absolute Gasteiger partial charge is 0.255 e. The molecule has 146 valence electrons. The van der Waals surface area contributed by atoms with Crippen molar-refractivity contribution in [3.05, 3.63) is 59.2 Å². The van der Waals surface area contributed by atoms with Crippen molar-refractivity contribution in [2.45, 2.75) is 6.92 Å². The third-order valence-electron chi connectivity index (χ3n) is 4.75. The number of ether oxygens (including phenoxy) is 1. The van der Waals surface area contributed by atoms with Crippen LogP contribution < -0.4 is 10.1 Å². The number of piperazine rings is 1. The topological polar surface area (TPSA) is 79.0 Å². The number of carbonyl (C=O) groups is 3. The highest BCUT2D eigenvalue weighted by molar-refractivity contribution is 6.05. The van der Waals surface area contributed by atoms with Crippen LogP contribution in [0.4, 0.5) is 5.69 Å². The van der Waals surface area contributed by atoms with Gasteiger partial charge in [-0.1, -0.05) is 6.07 Å². The Morgan fingerprint density at radius 1 is 1.00 bits per heavy atom. The minimum atomic E-state index is -0.275. The third kappa shape index (κ3) is 4.31. The van der Waals surface area contributed by atoms with Gasteiger partial charge in [0.05, 0.1) is 12.8 Å². The molecular formula is C21H23N3O4. The van der Waals surface area contributed by atoms with Gasteiger partial charge in [0.2, 0.25) is 6.41 Å². The molecule has 7 nitrogen and oxygen atoms in total. The molecule has 7 heteroatoms. The number of hydrogen-bond acceptors (Lipinski definition) is 4. The van der Waals surface area contributed by atoms with E-state index in [2.05, 4.69) is 5.32 Å². The monoisotopic (exact) mass is 381 g/mol. The van der Waals surface area contributed by atoms with E-state index in [9.17, 15) is 14.4 Å². The molecule has 0 bridgehead atoms. The van der Waals surface area contributed by atoms with E-state index in [1.807, 2.05) is 19.1 Å². The molecule has 3 rings (SSSR count). The summed E-state index contributed by atoms with van der Waals surface area (Å²) in [4.78, 5) is 39.3. The van der Waals surface area contributed by atoms with Crippen LogP contribution in [-0.2, 0) is 4.79 Å². The first-order valence-corrected chi connectivity index (χ1v) is 9.06. The normalized spacial score (nSPS) is 13.8. The molecule has 1 aliphatic rings. The van der Waals surface area contributed by atoms with Crippen LogP contribution in [0.15, 0.2) is 42.5 Å². The number of nitrogens with zero attached hydrogens (tertiary/aromatic N) is 2. The zero-order chi connectivity index (χ0) is 20.1. The molecular weight excluding hydrogens is 358 g/mol. The van der Waals surface area contributed by atoms with Crippen LogP contribution in [0.2, 0.25) is 0 Å². The van der Waals surface area contributed by atoms with E-state index < -0.39 is 0 Å². The maximum Gasteiger partial charge on any atom is 0.255 e. The zero-order valence-electron chi connectivity index (χ0n) is 16.0. The second-order valence-corrected chi connectivity index (χ2v) is 6.67. The van der Waals surface area contributed by atoms with E-state index in [-0.39, 0.29) is 11.8 Å². The maximum absolute atomic E-state index is 12.6. The molecule has 1 N–H and O–H groups in total. The molecule has 1 saturated heterocycles. The van der Waals surface area contributed by atoms with Crippen molar-refractivity contribution in [2.75, 3.05) is 38.6 Å². The van der Waals surface area contributed by atoms with Crippen LogP contribution >= 0.6 is 0 Å². The molecule has 3 amide bonds. The molecule has 2 aromatic carbocycles. The Kier molecular flexibility index (Phi) is 5.93. The van der Waals surface area contributed by atoms with E-state index in [1.54, 1.807) is 47.2 Å². The SMILES string of the molecule is COc1ccc(C)cc1NC(=O)c1ccc(C(=O)N2CCN(C=O)CC2)cc1. The number of methoxy groups -OCH3 is 1. The number of benzene rings is 2. The van der Waals surface area contributed by atoms with E-state index in [0.717, 1.165) is 12.0 Å². The fourth-order valence-corrected chi connectivity index (χ4v) is 3.09. The zero-order valence-corrected chi connectivity index (χ0v) is 16.0. The van der Waals surface area contributed by atoms with Gasteiger partial charge < -0.3 is 19.9 Å². The van der Waals surface area contributed by atoms with Crippen molar-refractivity contribution in [3.8, 4) is 5.75 Å². The lowest BCUT2D eigenvalue weighted by atomic mass is 10.1. The van der Waals surface area contributed by atoms with Crippen LogP contribution in [0.1, 0.15) is 26.3 Å². The predicted molar refractivity (Wildman–Crippen MR) is 106 cm³/mol. The Balaban J connectivity index is 1.67. The van der Waals surface area contributed by atoms with Crippen molar-refractivity contribution in [1.29, 1.82) is 0 Å². The first-order chi connectivity index (χ1) is 13.5. The number of carbonyl (C=O) groups excluding carboxylic acids is 3. The van der Waals surface area contributed by atoms with E-state index in [4.69, 9.17) is 4.74 Å². The third-order valence-corrected chi connectivity index (χ3v) is 4.75. The fourth-order valence-electron chi connectivity index (χ4n) is 3.09. The Hall–Kier alpha value is -3.35. The average Bonchev–Trinajstić information content (AvgIpc) is 2.73. The van der Waals surface area contributed by atoms with Crippen molar-refractivity contribution >= 4 is 23.9 Å². The molecule has 2 aromatic rings. The molecule has 0 unspecified atom stereocenters. The van der Waals surface area contributed by atoms with Crippen molar-refractivity contribution in [3.63, 3.8) is 0 Å². The fraction of sp³-hybridized carbons (Fsp3) is 0.286. The molecule has 0 aromatic heterocycles. The minimum absolute atomic E-state index is 0.0992. The molecule has 1 heterocycles. The van der Waals surface area contributed by atoms with Crippen LogP contribution in [0.5, 0.6) is 5.75 Å². The number of nitrogens with one attached hydrogen (secondary N) is 1. The van der Waals surface area contributed by atoms with E-state index in [0.29, 0.717) is 48.7 Å². The number of aryl methyl sites for hydroxylation is 1. The highest BCUT2D eigenvalue weighted by atomic mass is 16.5. The summed E-state index contributed by atoms with van der Waals surface area (Å²) in [6.07, 6.45) is 0.804. The summed E-state index contributed by atoms with van der Waals surface area (Å²) in [5.41, 5.74) is 2.57. The summed E-state index contributed by atoms with van der Waals surface area (Å²) in [7, 11) is 1.55. The van der Waals surface area contributed by atoms with Crippen molar-refractivity contribution < 1.29 is 19.1 Å². The molecule has 0 saturated carbocycles. The van der Waals surface area contributed by atoms with Gasteiger partial charge in [-0.3, -0.25) is 14.4 Å². The predicted octanol–water partition coefficient (Wildman–Crippen LogP) is 2.17.